The second-order valence-corrected chi connectivity index (χ2v) is 8.64. The van der Waals surface area contributed by atoms with Gasteiger partial charge in [0, 0.05) is 5.69 Å². The molecule has 0 atom stereocenters. The number of esters is 1. The van der Waals surface area contributed by atoms with Crippen LogP contribution in [0.1, 0.15) is 10.4 Å². The zero-order valence-corrected chi connectivity index (χ0v) is 20.9. The number of ether oxygens (including phenoxy) is 2. The molecule has 6 rings (SSSR count). The van der Waals surface area contributed by atoms with Gasteiger partial charge in [0.1, 0.15) is 22.9 Å². The molecule has 0 saturated heterocycles. The smallest absolute Gasteiger partial charge is 0.338 e. The van der Waals surface area contributed by atoms with E-state index < -0.39 is 18.5 Å². The summed E-state index contributed by atoms with van der Waals surface area (Å²) in [4.78, 5) is 34.5. The van der Waals surface area contributed by atoms with Crippen molar-refractivity contribution in [3.8, 4) is 34.4 Å². The fourth-order valence-corrected chi connectivity index (χ4v) is 3.99. The number of furan rings is 2. The third-order valence-corrected chi connectivity index (χ3v) is 5.86. The molecule has 1 N–H and O–H groups in total. The topological polar surface area (TPSA) is 117 Å². The van der Waals surface area contributed by atoms with Crippen molar-refractivity contribution < 1.29 is 27.9 Å². The Morgan fingerprint density at radius 1 is 0.700 bits per heavy atom. The number of hydrogen-bond acceptors (Lipinski definition) is 8. The fraction of sp³-hybridized carbons (Fsp3) is 0.0323. The summed E-state index contributed by atoms with van der Waals surface area (Å²) < 4.78 is 22.1. The Labute approximate surface area is 228 Å². The molecular formula is C31H21N3O6. The van der Waals surface area contributed by atoms with E-state index in [1.807, 2.05) is 30.3 Å². The van der Waals surface area contributed by atoms with Crippen LogP contribution >= 0.6 is 0 Å². The van der Waals surface area contributed by atoms with Gasteiger partial charge in [-0.15, -0.1) is 0 Å². The van der Waals surface area contributed by atoms with Gasteiger partial charge in [-0.25, -0.2) is 14.8 Å². The normalized spacial score (nSPS) is 10.8. The highest BCUT2D eigenvalue weighted by Crippen LogP contribution is 2.31. The number of hydrogen-bond donors (Lipinski definition) is 1. The van der Waals surface area contributed by atoms with E-state index in [1.165, 1.54) is 0 Å². The average Bonchev–Trinajstić information content (AvgIpc) is 3.72. The number of para-hydroxylation sites is 1. The molecule has 0 aliphatic carbocycles. The lowest BCUT2D eigenvalue weighted by Crippen LogP contribution is -2.20. The summed E-state index contributed by atoms with van der Waals surface area (Å²) in [7, 11) is 0. The highest BCUT2D eigenvalue weighted by atomic mass is 16.5. The number of benzene rings is 3. The molecular weight excluding hydrogens is 510 g/mol. The van der Waals surface area contributed by atoms with Gasteiger partial charge in [0.15, 0.2) is 18.1 Å². The minimum Gasteiger partial charge on any atom is -0.463 e. The lowest BCUT2D eigenvalue weighted by molar-refractivity contribution is -0.119. The third-order valence-electron chi connectivity index (χ3n) is 5.86. The number of anilines is 1. The van der Waals surface area contributed by atoms with Crippen molar-refractivity contribution in [3.63, 3.8) is 0 Å². The zero-order valence-electron chi connectivity index (χ0n) is 20.9. The summed E-state index contributed by atoms with van der Waals surface area (Å²) in [6.45, 7) is -0.458. The van der Waals surface area contributed by atoms with Gasteiger partial charge >= 0.3 is 5.97 Å². The summed E-state index contributed by atoms with van der Waals surface area (Å²) in [5.41, 5.74) is 2.76. The van der Waals surface area contributed by atoms with Crippen molar-refractivity contribution in [3.05, 3.63) is 115 Å². The Morgan fingerprint density at radius 2 is 1.35 bits per heavy atom. The van der Waals surface area contributed by atoms with Crippen molar-refractivity contribution >= 4 is 28.6 Å². The lowest BCUT2D eigenvalue weighted by Gasteiger charge is -2.09. The number of carbonyl (C=O) groups excluding carboxylic acids is 2. The molecule has 0 radical (unpaired) electrons. The summed E-state index contributed by atoms with van der Waals surface area (Å²) in [5, 5.41) is 2.70. The Balaban J connectivity index is 1.12. The lowest BCUT2D eigenvalue weighted by atomic mass is 10.1. The number of fused-ring (bicyclic) bond motifs is 1. The van der Waals surface area contributed by atoms with Gasteiger partial charge < -0.3 is 23.6 Å². The van der Waals surface area contributed by atoms with E-state index >= 15 is 0 Å². The van der Waals surface area contributed by atoms with Crippen LogP contribution in [0.5, 0.6) is 11.5 Å². The number of aromatic nitrogens is 2. The maximum atomic E-state index is 12.7. The molecule has 196 valence electrons. The summed E-state index contributed by atoms with van der Waals surface area (Å²) in [5.74, 6) is 1.23. The minimum absolute atomic E-state index is 0.230. The van der Waals surface area contributed by atoms with E-state index in [1.54, 1.807) is 79.3 Å². The zero-order chi connectivity index (χ0) is 27.3. The van der Waals surface area contributed by atoms with Crippen LogP contribution in [0.25, 0.3) is 33.9 Å². The molecule has 40 heavy (non-hydrogen) atoms. The minimum atomic E-state index is -0.667. The average molecular weight is 532 g/mol. The van der Waals surface area contributed by atoms with Gasteiger partial charge in [-0.1, -0.05) is 18.2 Å². The highest BCUT2D eigenvalue weighted by Gasteiger charge is 2.19. The van der Waals surface area contributed by atoms with Crippen LogP contribution in [0.15, 0.2) is 118 Å². The van der Waals surface area contributed by atoms with Gasteiger partial charge in [-0.05, 0) is 78.9 Å². The van der Waals surface area contributed by atoms with E-state index in [4.69, 9.17) is 18.3 Å². The molecule has 0 bridgehead atoms. The monoisotopic (exact) mass is 531 g/mol. The third kappa shape index (κ3) is 5.44. The van der Waals surface area contributed by atoms with Gasteiger partial charge in [-0.3, -0.25) is 4.79 Å². The molecule has 9 heteroatoms. The Bertz CT molecular complexity index is 1760. The Hall–Kier alpha value is -5.70. The van der Waals surface area contributed by atoms with Gasteiger partial charge in [0.05, 0.1) is 29.1 Å². The first-order valence-electron chi connectivity index (χ1n) is 12.3. The van der Waals surface area contributed by atoms with Crippen LogP contribution in [0.2, 0.25) is 0 Å². The molecule has 0 aliphatic heterocycles. The number of rotatable bonds is 8. The molecule has 0 fully saturated rings. The van der Waals surface area contributed by atoms with Crippen LogP contribution in [0.4, 0.5) is 5.69 Å². The van der Waals surface area contributed by atoms with Crippen molar-refractivity contribution in [2.75, 3.05) is 11.9 Å². The van der Waals surface area contributed by atoms with E-state index in [2.05, 4.69) is 15.3 Å². The fourth-order valence-electron chi connectivity index (χ4n) is 3.99. The second-order valence-electron chi connectivity index (χ2n) is 8.64. The number of carbonyl (C=O) groups is 2. The first-order chi connectivity index (χ1) is 19.6. The second kappa shape index (κ2) is 11.0. The Morgan fingerprint density at radius 3 is 2.00 bits per heavy atom. The van der Waals surface area contributed by atoms with E-state index in [0.29, 0.717) is 51.1 Å². The summed E-state index contributed by atoms with van der Waals surface area (Å²) in [6, 6.07) is 28.1. The van der Waals surface area contributed by atoms with E-state index in [0.717, 1.165) is 0 Å². The first-order valence-corrected chi connectivity index (χ1v) is 12.3. The van der Waals surface area contributed by atoms with Gasteiger partial charge in [0.25, 0.3) is 5.91 Å². The molecule has 3 heterocycles. The maximum absolute atomic E-state index is 12.7. The standard InChI is InChI=1S/C31H21N3O6/c35-28(32-21-11-13-23(14-12-21)40-22-6-2-1-3-7-22)19-39-31(36)20-10-15-24-25(18-20)34-30(27-9-5-17-38-27)29(33-24)26-8-4-16-37-26/h1-18H,19H2,(H,32,35). The number of nitrogens with zero attached hydrogens (tertiary/aromatic N) is 2. The molecule has 0 saturated carbocycles. The van der Waals surface area contributed by atoms with Crippen LogP contribution in [0.3, 0.4) is 0 Å². The molecule has 0 aliphatic rings. The van der Waals surface area contributed by atoms with E-state index in [-0.39, 0.29) is 5.56 Å². The molecule has 6 aromatic rings. The molecule has 0 spiro atoms. The van der Waals surface area contributed by atoms with Crippen LogP contribution < -0.4 is 10.1 Å². The Kier molecular flexibility index (Phi) is 6.75. The maximum Gasteiger partial charge on any atom is 0.338 e. The molecule has 3 aromatic carbocycles. The van der Waals surface area contributed by atoms with Gasteiger partial charge in [0.2, 0.25) is 0 Å². The van der Waals surface area contributed by atoms with Gasteiger partial charge in [-0.2, -0.15) is 0 Å². The molecule has 3 aromatic heterocycles. The van der Waals surface area contributed by atoms with Crippen molar-refractivity contribution in [1.82, 2.24) is 9.97 Å². The molecule has 9 nitrogen and oxygen atoms in total. The van der Waals surface area contributed by atoms with Crippen LogP contribution in [-0.2, 0) is 9.53 Å². The number of nitrogens with one attached hydrogen (secondary N) is 1. The molecule has 0 unspecified atom stereocenters. The predicted molar refractivity (Wildman–Crippen MR) is 147 cm³/mol. The number of amides is 1. The van der Waals surface area contributed by atoms with Crippen LogP contribution in [-0.4, -0.2) is 28.5 Å². The van der Waals surface area contributed by atoms with Crippen LogP contribution in [0, 0.1) is 0 Å². The largest absolute Gasteiger partial charge is 0.463 e. The summed E-state index contributed by atoms with van der Waals surface area (Å²) in [6.07, 6.45) is 3.09. The van der Waals surface area contributed by atoms with Crippen molar-refractivity contribution in [2.24, 2.45) is 0 Å². The van der Waals surface area contributed by atoms with E-state index in [9.17, 15) is 9.59 Å². The van der Waals surface area contributed by atoms with Crippen molar-refractivity contribution in [2.45, 2.75) is 0 Å². The predicted octanol–water partition coefficient (Wildman–Crippen LogP) is 6.74. The quantitative estimate of drug-likeness (QED) is 0.215. The molecule has 1 amide bonds. The first kappa shape index (κ1) is 24.6. The van der Waals surface area contributed by atoms with Crippen molar-refractivity contribution in [1.29, 1.82) is 0 Å². The SMILES string of the molecule is O=C(COC(=O)c1ccc2nc(-c3ccco3)c(-c3ccco3)nc2c1)Nc1ccc(Oc2ccccc2)cc1. The highest BCUT2D eigenvalue weighted by molar-refractivity contribution is 5.97. The summed E-state index contributed by atoms with van der Waals surface area (Å²) >= 11 is 0.